The zero-order chi connectivity index (χ0) is 30.8. The monoisotopic (exact) mass is 671 g/mol. The van der Waals surface area contributed by atoms with Gasteiger partial charge in [-0.2, -0.15) is 18.3 Å². The minimum Gasteiger partial charge on any atom is -0.496 e. The molecule has 1 atom stereocenters. The Labute approximate surface area is 277 Å². The summed E-state index contributed by atoms with van der Waals surface area (Å²) in [6.45, 7) is 1.00. The molecule has 1 aliphatic rings. The Bertz CT molecular complexity index is 1820. The van der Waals surface area contributed by atoms with Gasteiger partial charge in [0.05, 0.1) is 18.8 Å². The van der Waals surface area contributed by atoms with Crippen LogP contribution >= 0.6 is 24.8 Å². The number of fused-ring (bicyclic) bond motifs is 1. The van der Waals surface area contributed by atoms with Crippen LogP contribution in [0.1, 0.15) is 51.8 Å². The summed E-state index contributed by atoms with van der Waals surface area (Å²) in [5.41, 5.74) is 7.60. The number of rotatable bonds is 10. The predicted octanol–water partition coefficient (Wildman–Crippen LogP) is 7.70. The van der Waals surface area contributed by atoms with E-state index in [1.807, 2.05) is 42.5 Å². The average molecular weight is 673 g/mol. The van der Waals surface area contributed by atoms with Crippen LogP contribution in [0.4, 0.5) is 18.9 Å². The zero-order valence-corrected chi connectivity index (χ0v) is 26.5. The highest BCUT2D eigenvalue weighted by atomic mass is 35.5. The number of nitrogens with zero attached hydrogens (tertiary/aromatic N) is 2. The largest absolute Gasteiger partial charge is 0.496 e. The lowest BCUT2D eigenvalue weighted by molar-refractivity contribution is -0.141. The Kier molecular flexibility index (Phi) is 11.0. The summed E-state index contributed by atoms with van der Waals surface area (Å²) in [7, 11) is 1.64. The van der Waals surface area contributed by atoms with Gasteiger partial charge in [-0.05, 0) is 77.5 Å². The molecule has 0 unspecified atom stereocenters. The second-order valence-electron chi connectivity index (χ2n) is 11.0. The molecule has 12 heteroatoms. The van der Waals surface area contributed by atoms with Gasteiger partial charge in [0.1, 0.15) is 11.4 Å². The lowest BCUT2D eigenvalue weighted by Crippen LogP contribution is -2.25. The van der Waals surface area contributed by atoms with E-state index in [0.717, 1.165) is 44.9 Å². The van der Waals surface area contributed by atoms with Gasteiger partial charge in [-0.25, -0.2) is 4.68 Å². The number of nitrogens with one attached hydrogen (secondary N) is 2. The third-order valence-electron chi connectivity index (χ3n) is 7.85. The smallest absolute Gasteiger partial charge is 0.435 e. The number of amides is 1. The van der Waals surface area contributed by atoms with Gasteiger partial charge in [-0.3, -0.25) is 4.79 Å². The molecule has 4 aromatic carbocycles. The quantitative estimate of drug-likeness (QED) is 0.142. The number of carbonyl (C=O) groups excluding carboxylic acids is 1. The van der Waals surface area contributed by atoms with Gasteiger partial charge in [0.25, 0.3) is 5.91 Å². The van der Waals surface area contributed by atoms with Gasteiger partial charge >= 0.3 is 6.18 Å². The number of benzene rings is 4. The third kappa shape index (κ3) is 7.47. The topological polar surface area (TPSA) is 94.2 Å². The number of nitrogens with two attached hydrogens (primary N) is 1. The van der Waals surface area contributed by atoms with Crippen molar-refractivity contribution in [2.24, 2.45) is 11.7 Å². The maximum atomic E-state index is 13.7. The van der Waals surface area contributed by atoms with E-state index >= 15 is 0 Å². The number of hydrogen-bond acceptors (Lipinski definition) is 5. The molecule has 0 bridgehead atoms. The summed E-state index contributed by atoms with van der Waals surface area (Å²) in [6, 6.07) is 26.5. The van der Waals surface area contributed by atoms with E-state index in [1.54, 1.807) is 37.4 Å². The Morgan fingerprint density at radius 1 is 1.00 bits per heavy atom. The normalized spacial score (nSPS) is 13.4. The van der Waals surface area contributed by atoms with E-state index in [4.69, 9.17) is 10.5 Å². The summed E-state index contributed by atoms with van der Waals surface area (Å²) in [6.07, 6.45) is -2.39. The van der Waals surface area contributed by atoms with E-state index in [2.05, 4.69) is 27.9 Å². The van der Waals surface area contributed by atoms with Gasteiger partial charge in [0, 0.05) is 23.9 Å². The molecule has 1 fully saturated rings. The van der Waals surface area contributed by atoms with Crippen molar-refractivity contribution in [1.29, 1.82) is 0 Å². The molecule has 4 N–H and O–H groups in total. The number of methoxy groups -OCH3 is 1. The van der Waals surface area contributed by atoms with Crippen LogP contribution < -0.4 is 21.1 Å². The average Bonchev–Trinajstić information content (AvgIpc) is 3.74. The van der Waals surface area contributed by atoms with Crippen molar-refractivity contribution < 1.29 is 22.7 Å². The summed E-state index contributed by atoms with van der Waals surface area (Å²) in [4.78, 5) is 13.6. The van der Waals surface area contributed by atoms with Crippen LogP contribution in [-0.4, -0.2) is 29.3 Å². The van der Waals surface area contributed by atoms with E-state index < -0.39 is 17.8 Å². The van der Waals surface area contributed by atoms with Crippen LogP contribution in [0.25, 0.3) is 16.5 Å². The molecule has 0 spiro atoms. The maximum absolute atomic E-state index is 13.7. The molecule has 0 radical (unpaired) electrons. The Hall–Kier alpha value is -4.09. The molecule has 46 heavy (non-hydrogen) atoms. The number of alkyl halides is 3. The first-order chi connectivity index (χ1) is 21.2. The SMILES string of the molecule is COc1ccc2ccccc2c1[C@H](NCC1CC1)c1cccc(NC(=O)c2cc(C(F)(F)F)nn2-c2cccc(CN)c2)c1.Cl.Cl. The molecule has 0 aliphatic heterocycles. The summed E-state index contributed by atoms with van der Waals surface area (Å²) in [5, 5.41) is 12.4. The van der Waals surface area contributed by atoms with E-state index in [-0.39, 0.29) is 43.1 Å². The van der Waals surface area contributed by atoms with Crippen molar-refractivity contribution in [2.75, 3.05) is 19.0 Å². The summed E-state index contributed by atoms with van der Waals surface area (Å²) >= 11 is 0. The Morgan fingerprint density at radius 2 is 1.76 bits per heavy atom. The second-order valence-corrected chi connectivity index (χ2v) is 11.0. The van der Waals surface area contributed by atoms with Gasteiger partial charge in [0.2, 0.25) is 0 Å². The fourth-order valence-corrected chi connectivity index (χ4v) is 5.43. The van der Waals surface area contributed by atoms with Gasteiger partial charge in [0.15, 0.2) is 5.69 Å². The number of carbonyl (C=O) groups is 1. The number of halogens is 5. The molecule has 1 heterocycles. The van der Waals surface area contributed by atoms with Crippen LogP contribution in [0.15, 0.2) is 91.0 Å². The molecule has 0 saturated heterocycles. The van der Waals surface area contributed by atoms with Crippen molar-refractivity contribution in [1.82, 2.24) is 15.1 Å². The van der Waals surface area contributed by atoms with E-state index in [0.29, 0.717) is 22.9 Å². The van der Waals surface area contributed by atoms with Crippen LogP contribution in [0, 0.1) is 5.92 Å². The molecule has 1 aromatic heterocycles. The highest BCUT2D eigenvalue weighted by Crippen LogP contribution is 2.38. The fraction of sp³-hybridized carbons (Fsp3) is 0.235. The lowest BCUT2D eigenvalue weighted by atomic mass is 9.92. The third-order valence-corrected chi connectivity index (χ3v) is 7.85. The van der Waals surface area contributed by atoms with Gasteiger partial charge in [-0.1, -0.05) is 54.6 Å². The van der Waals surface area contributed by atoms with Crippen LogP contribution in [0.2, 0.25) is 0 Å². The standard InChI is InChI=1S/C34H32F3N5O2.2ClH/c1-44-29-15-14-23-7-2-3-11-27(23)31(29)32(39-20-21-12-13-21)24-8-5-9-25(17-24)40-33(43)28-18-30(34(35,36)37)41-42(28)26-10-4-6-22(16-26)19-38;;/h2-11,14-18,21,32,39H,12-13,19-20,38H2,1H3,(H,40,43);2*1H/t32-;;/m1../s1. The van der Waals surface area contributed by atoms with Crippen LogP contribution in [-0.2, 0) is 12.7 Å². The number of anilines is 1. The van der Waals surface area contributed by atoms with Crippen LogP contribution in [0.3, 0.4) is 0 Å². The van der Waals surface area contributed by atoms with Crippen LogP contribution in [0.5, 0.6) is 5.75 Å². The van der Waals surface area contributed by atoms with Crippen molar-refractivity contribution in [3.63, 3.8) is 0 Å². The summed E-state index contributed by atoms with van der Waals surface area (Å²) < 4.78 is 47.9. The fourth-order valence-electron chi connectivity index (χ4n) is 5.43. The van der Waals surface area contributed by atoms with E-state index in [1.165, 1.54) is 12.8 Å². The molecule has 7 nitrogen and oxygen atoms in total. The summed E-state index contributed by atoms with van der Waals surface area (Å²) in [5.74, 6) is 0.602. The highest BCUT2D eigenvalue weighted by molar-refractivity contribution is 6.03. The Balaban J connectivity index is 0.00000240. The minimum atomic E-state index is -4.73. The molecular weight excluding hydrogens is 638 g/mol. The molecule has 1 saturated carbocycles. The Morgan fingerprint density at radius 3 is 2.48 bits per heavy atom. The van der Waals surface area contributed by atoms with Gasteiger partial charge < -0.3 is 21.1 Å². The van der Waals surface area contributed by atoms with Gasteiger partial charge in [-0.15, -0.1) is 24.8 Å². The minimum absolute atomic E-state index is 0. The first kappa shape index (κ1) is 34.8. The van der Waals surface area contributed by atoms with E-state index in [9.17, 15) is 18.0 Å². The zero-order valence-electron chi connectivity index (χ0n) is 24.9. The highest BCUT2D eigenvalue weighted by Gasteiger charge is 2.36. The molecule has 6 rings (SSSR count). The lowest BCUT2D eigenvalue weighted by Gasteiger charge is -2.24. The predicted molar refractivity (Wildman–Crippen MR) is 178 cm³/mol. The molecule has 242 valence electrons. The van der Waals surface area contributed by atoms with Crippen molar-refractivity contribution in [3.8, 4) is 11.4 Å². The molecule has 1 amide bonds. The van der Waals surface area contributed by atoms with Crippen molar-refractivity contribution in [3.05, 3.63) is 119 Å². The molecule has 5 aromatic rings. The number of ether oxygens (including phenoxy) is 1. The maximum Gasteiger partial charge on any atom is 0.435 e. The first-order valence-corrected chi connectivity index (χ1v) is 14.4. The first-order valence-electron chi connectivity index (χ1n) is 14.4. The van der Waals surface area contributed by atoms with Crippen molar-refractivity contribution in [2.45, 2.75) is 31.6 Å². The second kappa shape index (κ2) is 14.6. The van der Waals surface area contributed by atoms with Crippen molar-refractivity contribution >= 4 is 47.2 Å². The molecule has 1 aliphatic carbocycles. The number of aromatic nitrogens is 2. The molecular formula is C34H34Cl2F3N5O2. The number of hydrogen-bond donors (Lipinski definition) is 3.